The van der Waals surface area contributed by atoms with Gasteiger partial charge in [0.25, 0.3) is 0 Å². The van der Waals surface area contributed by atoms with E-state index in [0.29, 0.717) is 11.4 Å². The number of methoxy groups -OCH3 is 1. The molecule has 0 saturated carbocycles. The van der Waals surface area contributed by atoms with Gasteiger partial charge in [0.1, 0.15) is 6.04 Å². The van der Waals surface area contributed by atoms with Gasteiger partial charge in [0.2, 0.25) is 5.91 Å². The van der Waals surface area contributed by atoms with Gasteiger partial charge in [0.15, 0.2) is 0 Å². The Labute approximate surface area is 163 Å². The van der Waals surface area contributed by atoms with Gasteiger partial charge in [-0.3, -0.25) is 4.79 Å². The van der Waals surface area contributed by atoms with E-state index in [1.54, 1.807) is 12.1 Å². The Balaban J connectivity index is 1.69. The molecule has 0 aliphatic carbocycles. The van der Waals surface area contributed by atoms with Crippen LogP contribution in [-0.2, 0) is 27.2 Å². The van der Waals surface area contributed by atoms with Crippen LogP contribution in [0.3, 0.4) is 0 Å². The number of halogens is 1. The van der Waals surface area contributed by atoms with Crippen molar-refractivity contribution < 1.29 is 14.3 Å². The third-order valence-corrected chi connectivity index (χ3v) is 4.60. The maximum atomic E-state index is 12.5. The SMILES string of the molecule is COC(=O)[C@H](Cc1ccc(Cl)cc1)NC(=O)Cc1ccc2ccccc2c1. The summed E-state index contributed by atoms with van der Waals surface area (Å²) in [6.07, 6.45) is 0.534. The van der Waals surface area contributed by atoms with Gasteiger partial charge in [-0.05, 0) is 34.0 Å². The van der Waals surface area contributed by atoms with Crippen molar-refractivity contribution in [2.45, 2.75) is 18.9 Å². The fraction of sp³-hybridized carbons (Fsp3) is 0.182. The molecule has 0 unspecified atom stereocenters. The molecular formula is C22H20ClNO3. The number of fused-ring (bicyclic) bond motifs is 1. The molecule has 4 nitrogen and oxygen atoms in total. The number of amides is 1. The molecule has 0 spiro atoms. The molecule has 0 aliphatic heterocycles. The zero-order valence-corrected chi connectivity index (χ0v) is 15.7. The largest absolute Gasteiger partial charge is 0.467 e. The number of hydrogen-bond donors (Lipinski definition) is 1. The van der Waals surface area contributed by atoms with Crippen LogP contribution in [0.25, 0.3) is 10.8 Å². The average molecular weight is 382 g/mol. The molecule has 0 aromatic heterocycles. The van der Waals surface area contributed by atoms with E-state index in [1.807, 2.05) is 54.6 Å². The van der Waals surface area contributed by atoms with Crippen LogP contribution in [0.2, 0.25) is 5.02 Å². The molecule has 1 N–H and O–H groups in total. The monoisotopic (exact) mass is 381 g/mol. The third kappa shape index (κ3) is 5.08. The van der Waals surface area contributed by atoms with E-state index in [-0.39, 0.29) is 12.3 Å². The van der Waals surface area contributed by atoms with Gasteiger partial charge in [-0.1, -0.05) is 66.2 Å². The summed E-state index contributed by atoms with van der Waals surface area (Å²) in [6, 6.07) is 20.3. The molecule has 0 saturated heterocycles. The zero-order valence-electron chi connectivity index (χ0n) is 14.9. The van der Waals surface area contributed by atoms with Gasteiger partial charge in [-0.25, -0.2) is 4.79 Å². The Kier molecular flexibility index (Phi) is 6.09. The van der Waals surface area contributed by atoms with E-state index in [1.165, 1.54) is 7.11 Å². The topological polar surface area (TPSA) is 55.4 Å². The van der Waals surface area contributed by atoms with E-state index in [9.17, 15) is 9.59 Å². The van der Waals surface area contributed by atoms with Crippen molar-refractivity contribution in [3.05, 3.63) is 82.9 Å². The van der Waals surface area contributed by atoms with E-state index in [4.69, 9.17) is 16.3 Å². The molecule has 3 aromatic rings. The minimum Gasteiger partial charge on any atom is -0.467 e. The van der Waals surface area contributed by atoms with Crippen LogP contribution in [0.5, 0.6) is 0 Å². The maximum Gasteiger partial charge on any atom is 0.328 e. The number of carbonyl (C=O) groups excluding carboxylic acids is 2. The van der Waals surface area contributed by atoms with Crippen molar-refractivity contribution in [3.8, 4) is 0 Å². The summed E-state index contributed by atoms with van der Waals surface area (Å²) in [7, 11) is 1.31. The van der Waals surface area contributed by atoms with E-state index < -0.39 is 12.0 Å². The van der Waals surface area contributed by atoms with Crippen LogP contribution in [0.4, 0.5) is 0 Å². The van der Waals surface area contributed by atoms with Gasteiger partial charge in [0, 0.05) is 11.4 Å². The van der Waals surface area contributed by atoms with Crippen molar-refractivity contribution in [1.29, 1.82) is 0 Å². The number of carbonyl (C=O) groups is 2. The lowest BCUT2D eigenvalue weighted by atomic mass is 10.0. The second-order valence-corrected chi connectivity index (χ2v) is 6.77. The van der Waals surface area contributed by atoms with Gasteiger partial charge in [-0.15, -0.1) is 0 Å². The van der Waals surface area contributed by atoms with Crippen LogP contribution in [0.15, 0.2) is 66.7 Å². The molecule has 0 radical (unpaired) electrons. The summed E-state index contributed by atoms with van der Waals surface area (Å²) < 4.78 is 4.84. The van der Waals surface area contributed by atoms with E-state index >= 15 is 0 Å². The second kappa shape index (κ2) is 8.69. The lowest BCUT2D eigenvalue weighted by molar-refractivity contribution is -0.145. The summed E-state index contributed by atoms with van der Waals surface area (Å²) >= 11 is 5.89. The first-order chi connectivity index (χ1) is 13.0. The molecule has 0 aliphatic rings. The van der Waals surface area contributed by atoms with E-state index in [0.717, 1.165) is 21.9 Å². The van der Waals surface area contributed by atoms with Crippen LogP contribution < -0.4 is 5.32 Å². The average Bonchev–Trinajstić information content (AvgIpc) is 2.68. The summed E-state index contributed by atoms with van der Waals surface area (Å²) in [5, 5.41) is 5.60. The first-order valence-corrected chi connectivity index (χ1v) is 9.02. The number of ether oxygens (including phenoxy) is 1. The lowest BCUT2D eigenvalue weighted by Crippen LogP contribution is -2.43. The Morgan fingerprint density at radius 3 is 2.33 bits per heavy atom. The van der Waals surface area contributed by atoms with Crippen LogP contribution >= 0.6 is 11.6 Å². The Hall–Kier alpha value is -2.85. The van der Waals surface area contributed by atoms with Gasteiger partial charge >= 0.3 is 5.97 Å². The highest BCUT2D eigenvalue weighted by Crippen LogP contribution is 2.16. The normalized spacial score (nSPS) is 11.8. The minimum atomic E-state index is -0.746. The lowest BCUT2D eigenvalue weighted by Gasteiger charge is -2.17. The number of rotatable bonds is 6. The highest BCUT2D eigenvalue weighted by molar-refractivity contribution is 6.30. The molecule has 1 atom stereocenters. The minimum absolute atomic E-state index is 0.193. The first-order valence-electron chi connectivity index (χ1n) is 8.64. The molecule has 5 heteroatoms. The summed E-state index contributed by atoms with van der Waals surface area (Å²) in [5.74, 6) is -0.702. The van der Waals surface area contributed by atoms with Gasteiger partial charge in [0.05, 0.1) is 13.5 Å². The third-order valence-electron chi connectivity index (χ3n) is 4.35. The van der Waals surface area contributed by atoms with Crippen molar-refractivity contribution in [2.24, 2.45) is 0 Å². The number of benzene rings is 3. The maximum absolute atomic E-state index is 12.5. The summed E-state index contributed by atoms with van der Waals surface area (Å²) in [6.45, 7) is 0. The second-order valence-electron chi connectivity index (χ2n) is 6.33. The number of nitrogens with one attached hydrogen (secondary N) is 1. The van der Waals surface area contributed by atoms with Gasteiger partial charge in [-0.2, -0.15) is 0 Å². The molecule has 0 heterocycles. The summed E-state index contributed by atoms with van der Waals surface area (Å²) in [5.41, 5.74) is 1.78. The molecule has 0 fully saturated rings. The quantitative estimate of drug-likeness (QED) is 0.658. The predicted octanol–water partition coefficient (Wildman–Crippen LogP) is 3.94. The Morgan fingerprint density at radius 1 is 0.963 bits per heavy atom. The smallest absolute Gasteiger partial charge is 0.328 e. The number of esters is 1. The fourth-order valence-corrected chi connectivity index (χ4v) is 3.10. The van der Waals surface area contributed by atoms with Crippen molar-refractivity contribution >= 4 is 34.2 Å². The summed E-state index contributed by atoms with van der Waals surface area (Å²) in [4.78, 5) is 24.6. The Bertz CT molecular complexity index is 953. The Morgan fingerprint density at radius 2 is 1.63 bits per heavy atom. The molecular weight excluding hydrogens is 362 g/mol. The van der Waals surface area contributed by atoms with Gasteiger partial charge < -0.3 is 10.1 Å². The predicted molar refractivity (Wildman–Crippen MR) is 107 cm³/mol. The highest BCUT2D eigenvalue weighted by atomic mass is 35.5. The van der Waals surface area contributed by atoms with Crippen molar-refractivity contribution in [2.75, 3.05) is 7.11 Å². The standard InChI is InChI=1S/C22H20ClNO3/c1-27-22(26)20(13-15-7-10-19(23)11-8-15)24-21(25)14-16-6-9-17-4-2-3-5-18(17)12-16/h2-12,20H,13-14H2,1H3,(H,24,25)/t20-/m0/s1. The van der Waals surface area contributed by atoms with Crippen molar-refractivity contribution in [3.63, 3.8) is 0 Å². The zero-order chi connectivity index (χ0) is 19.2. The molecule has 27 heavy (non-hydrogen) atoms. The number of hydrogen-bond acceptors (Lipinski definition) is 3. The molecule has 3 rings (SSSR count). The van der Waals surface area contributed by atoms with E-state index in [2.05, 4.69) is 5.32 Å². The van der Waals surface area contributed by atoms with Crippen LogP contribution in [-0.4, -0.2) is 25.0 Å². The first kappa shape index (κ1) is 18.9. The van der Waals surface area contributed by atoms with Crippen LogP contribution in [0, 0.1) is 0 Å². The molecule has 3 aromatic carbocycles. The van der Waals surface area contributed by atoms with Crippen molar-refractivity contribution in [1.82, 2.24) is 5.32 Å². The molecule has 0 bridgehead atoms. The fourth-order valence-electron chi connectivity index (χ4n) is 2.97. The van der Waals surface area contributed by atoms with Crippen LogP contribution in [0.1, 0.15) is 11.1 Å². The molecule has 138 valence electrons. The molecule has 1 amide bonds. The highest BCUT2D eigenvalue weighted by Gasteiger charge is 2.22.